The Bertz CT molecular complexity index is 1830. The Morgan fingerprint density at radius 3 is 2.23 bits per heavy atom. The fourth-order valence-corrected chi connectivity index (χ4v) is 9.76. The molecule has 61 heavy (non-hydrogen) atoms. The smallest absolute Gasteiger partial charge is 0.311 e. The summed E-state index contributed by atoms with van der Waals surface area (Å²) in [5.74, 6) is -6.05. The molecule has 2 aromatic rings. The van der Waals surface area contributed by atoms with E-state index in [1.54, 1.807) is 52.0 Å². The number of cyclic esters (lactones) is 1. The van der Waals surface area contributed by atoms with Crippen molar-refractivity contribution in [3.63, 3.8) is 0 Å². The first-order valence-electron chi connectivity index (χ1n) is 21.8. The van der Waals surface area contributed by atoms with Crippen LogP contribution in [0.15, 0.2) is 36.5 Å². The molecule has 5 rings (SSSR count). The summed E-state index contributed by atoms with van der Waals surface area (Å²) in [6, 6.07) is 8.77. The Hall–Kier alpha value is -3.12. The number of para-hydroxylation sites is 1. The van der Waals surface area contributed by atoms with E-state index in [0.29, 0.717) is 22.9 Å². The standard InChI is InChI=1S/C46H70N2O13/c1-23-20-25(3)57-43(36(23)50)61-40-27(5)37(60-34-22-44(8,9)39(52)29(7)58-34)28(6)42(54)59-33(46(11,56)38(51)26(4)35(49)24(2)21-45(40,10)55)17-19-48-41(53)31-16-18-47-32-15-13-12-14-30(31)32/h12-16,18,23-29,33-34,36-40,43,50-52,55-56H,17,19-22H2,1-11H3,(H,48,53)/t23?,24-,25?,26+,27+,28-,29?,33-,34?,36?,37+,38-,39?,40-,43?,45-,46-/m1/s1. The molecule has 15 heteroatoms. The number of pyridine rings is 1. The topological polar surface area (TPSA) is 223 Å². The van der Waals surface area contributed by atoms with Gasteiger partial charge in [0.15, 0.2) is 12.6 Å². The summed E-state index contributed by atoms with van der Waals surface area (Å²) in [5, 5.41) is 62.0. The van der Waals surface area contributed by atoms with Crippen molar-refractivity contribution < 1.29 is 63.6 Å². The summed E-state index contributed by atoms with van der Waals surface area (Å²) in [6.45, 7) is 18.3. The fraction of sp³-hybridized carbons (Fsp3) is 0.739. The number of fused-ring (bicyclic) bond motifs is 1. The van der Waals surface area contributed by atoms with Crippen LogP contribution >= 0.6 is 0 Å². The van der Waals surface area contributed by atoms with Crippen molar-refractivity contribution in [1.29, 1.82) is 0 Å². The average Bonchev–Trinajstić information content (AvgIpc) is 3.19. The lowest BCUT2D eigenvalue weighted by Crippen LogP contribution is -2.59. The second kappa shape index (κ2) is 19.3. The number of rotatable bonds is 8. The van der Waals surface area contributed by atoms with Crippen LogP contribution in [0.3, 0.4) is 0 Å². The maximum absolute atomic E-state index is 14.6. The number of aromatic nitrogens is 1. The van der Waals surface area contributed by atoms with Gasteiger partial charge in [-0.1, -0.05) is 59.7 Å². The van der Waals surface area contributed by atoms with Crippen LogP contribution in [-0.4, -0.2) is 127 Å². The Morgan fingerprint density at radius 2 is 1.56 bits per heavy atom. The first-order chi connectivity index (χ1) is 28.4. The quantitative estimate of drug-likeness (QED) is 0.206. The molecule has 3 aliphatic heterocycles. The molecule has 0 spiro atoms. The lowest BCUT2D eigenvalue weighted by atomic mass is 9.74. The summed E-state index contributed by atoms with van der Waals surface area (Å²) in [5.41, 5.74) is -3.68. The van der Waals surface area contributed by atoms with Crippen molar-refractivity contribution >= 4 is 28.6 Å². The highest BCUT2D eigenvalue weighted by molar-refractivity contribution is 6.05. The number of benzene rings is 1. The van der Waals surface area contributed by atoms with Crippen molar-refractivity contribution in [3.8, 4) is 0 Å². The second-order valence-corrected chi connectivity index (χ2v) is 19.4. The maximum atomic E-state index is 14.6. The Labute approximate surface area is 359 Å². The highest BCUT2D eigenvalue weighted by Gasteiger charge is 2.53. The van der Waals surface area contributed by atoms with E-state index < -0.39 is 113 Å². The Kier molecular flexibility index (Phi) is 15.5. The van der Waals surface area contributed by atoms with E-state index in [-0.39, 0.29) is 37.8 Å². The van der Waals surface area contributed by atoms with Gasteiger partial charge < -0.3 is 54.5 Å². The van der Waals surface area contributed by atoms with Gasteiger partial charge in [-0.15, -0.1) is 0 Å². The van der Waals surface area contributed by atoms with Crippen LogP contribution < -0.4 is 5.32 Å². The van der Waals surface area contributed by atoms with Crippen molar-refractivity contribution in [3.05, 3.63) is 42.1 Å². The number of hydrogen-bond acceptors (Lipinski definition) is 14. The molecule has 3 aliphatic rings. The summed E-state index contributed by atoms with van der Waals surface area (Å²) in [7, 11) is 0. The number of nitrogens with one attached hydrogen (secondary N) is 1. The zero-order valence-corrected chi connectivity index (χ0v) is 37.6. The van der Waals surface area contributed by atoms with Gasteiger partial charge >= 0.3 is 5.97 Å². The first kappa shape index (κ1) is 48.9. The third kappa shape index (κ3) is 10.8. The summed E-state index contributed by atoms with van der Waals surface area (Å²) in [4.78, 5) is 46.5. The van der Waals surface area contributed by atoms with Gasteiger partial charge in [-0.05, 0) is 70.9 Å². The van der Waals surface area contributed by atoms with Crippen molar-refractivity contribution in [2.75, 3.05) is 6.54 Å². The van der Waals surface area contributed by atoms with E-state index in [9.17, 15) is 39.9 Å². The van der Waals surface area contributed by atoms with Gasteiger partial charge in [0.2, 0.25) is 0 Å². The number of carbonyl (C=O) groups is 3. The number of aliphatic hydroxyl groups excluding tert-OH is 3. The number of Topliss-reactive ketones (excluding diaryl/α,β-unsaturated/α-hetero) is 1. The van der Waals surface area contributed by atoms with Crippen LogP contribution in [0.5, 0.6) is 0 Å². The number of ketones is 1. The zero-order valence-electron chi connectivity index (χ0n) is 37.6. The third-order valence-corrected chi connectivity index (χ3v) is 13.5. The van der Waals surface area contributed by atoms with Gasteiger partial charge in [-0.2, -0.15) is 0 Å². The first-order valence-corrected chi connectivity index (χ1v) is 21.8. The fourth-order valence-electron chi connectivity index (χ4n) is 9.76. The number of esters is 1. The minimum Gasteiger partial charge on any atom is -0.459 e. The number of carbonyl (C=O) groups excluding carboxylic acids is 3. The molecule has 4 heterocycles. The molecular formula is C46H70N2O13. The summed E-state index contributed by atoms with van der Waals surface area (Å²) in [6.07, 6.45) is -8.43. The zero-order chi connectivity index (χ0) is 45.4. The van der Waals surface area contributed by atoms with Crippen LogP contribution in [0.4, 0.5) is 0 Å². The van der Waals surface area contributed by atoms with Crippen molar-refractivity contribution in [1.82, 2.24) is 10.3 Å². The van der Waals surface area contributed by atoms with E-state index in [4.69, 9.17) is 23.7 Å². The Morgan fingerprint density at radius 1 is 0.885 bits per heavy atom. The molecule has 0 bridgehead atoms. The molecule has 1 aromatic heterocycles. The van der Waals surface area contributed by atoms with E-state index in [0.717, 1.165) is 0 Å². The molecule has 0 aliphatic carbocycles. The van der Waals surface area contributed by atoms with Crippen LogP contribution in [0.25, 0.3) is 10.9 Å². The van der Waals surface area contributed by atoms with Gasteiger partial charge in [-0.25, -0.2) is 0 Å². The number of ether oxygens (including phenoxy) is 5. The lowest BCUT2D eigenvalue weighted by Gasteiger charge is -2.48. The molecule has 17 atom stereocenters. The SMILES string of the molecule is CC1CC(C)C(O)C(O[C@@H]2[C@@H](C)[C@H](OC3CC(C)(C)C(O)C(C)O3)[C@@H](C)C(=O)O[C@H](CCNC(=O)c3ccnc4ccccc34)[C@@](C)(O)[C@H](O)[C@@H](C)C(=O)[C@H](C)C[C@@]2(C)O)O1. The monoisotopic (exact) mass is 858 g/mol. The molecule has 15 nitrogen and oxygen atoms in total. The minimum absolute atomic E-state index is 0.0930. The van der Waals surface area contributed by atoms with E-state index in [1.165, 1.54) is 27.0 Å². The van der Waals surface area contributed by atoms with Crippen LogP contribution in [0, 0.1) is 35.0 Å². The molecule has 6 N–H and O–H groups in total. The largest absolute Gasteiger partial charge is 0.459 e. The second-order valence-electron chi connectivity index (χ2n) is 19.4. The van der Waals surface area contributed by atoms with E-state index in [1.807, 2.05) is 33.8 Å². The molecule has 342 valence electrons. The van der Waals surface area contributed by atoms with Crippen LogP contribution in [-0.2, 0) is 33.3 Å². The predicted molar refractivity (Wildman–Crippen MR) is 225 cm³/mol. The maximum Gasteiger partial charge on any atom is 0.311 e. The van der Waals surface area contributed by atoms with Gasteiger partial charge in [-0.3, -0.25) is 19.4 Å². The Balaban J connectivity index is 1.53. The molecular weight excluding hydrogens is 789 g/mol. The molecule has 3 saturated heterocycles. The van der Waals surface area contributed by atoms with Crippen LogP contribution in [0.2, 0.25) is 0 Å². The van der Waals surface area contributed by atoms with Crippen molar-refractivity contribution in [2.24, 2.45) is 35.0 Å². The van der Waals surface area contributed by atoms with Gasteiger partial charge in [0.1, 0.15) is 23.6 Å². The normalized spacial score (nSPS) is 41.7. The predicted octanol–water partition coefficient (Wildman–Crippen LogP) is 4.07. The van der Waals surface area contributed by atoms with Gasteiger partial charge in [0, 0.05) is 48.7 Å². The molecule has 1 aromatic carbocycles. The minimum atomic E-state index is -2.21. The average molecular weight is 859 g/mol. The molecule has 0 radical (unpaired) electrons. The number of aliphatic hydroxyl groups is 5. The van der Waals surface area contributed by atoms with Crippen LogP contribution in [0.1, 0.15) is 112 Å². The van der Waals surface area contributed by atoms with Gasteiger partial charge in [0.25, 0.3) is 5.91 Å². The number of hydrogen-bond donors (Lipinski definition) is 6. The summed E-state index contributed by atoms with van der Waals surface area (Å²) >= 11 is 0. The van der Waals surface area contributed by atoms with Crippen molar-refractivity contribution in [2.45, 2.75) is 174 Å². The summed E-state index contributed by atoms with van der Waals surface area (Å²) < 4.78 is 31.7. The van der Waals surface area contributed by atoms with E-state index >= 15 is 0 Å². The molecule has 3 fully saturated rings. The van der Waals surface area contributed by atoms with E-state index in [2.05, 4.69) is 10.3 Å². The number of nitrogens with zero attached hydrogens (tertiary/aromatic N) is 1. The molecule has 1 amide bonds. The lowest BCUT2D eigenvalue weighted by molar-refractivity contribution is -0.312. The molecule has 0 saturated carbocycles. The highest BCUT2D eigenvalue weighted by atomic mass is 16.7. The third-order valence-electron chi connectivity index (χ3n) is 13.5. The highest BCUT2D eigenvalue weighted by Crippen LogP contribution is 2.42. The molecule has 7 unspecified atom stereocenters. The number of amides is 1. The van der Waals surface area contributed by atoms with Gasteiger partial charge in [0.05, 0.1) is 59.2 Å².